The van der Waals surface area contributed by atoms with Gasteiger partial charge < -0.3 is 0 Å². The van der Waals surface area contributed by atoms with Crippen LogP contribution in [0.1, 0.15) is 6.92 Å². The van der Waals surface area contributed by atoms with Crippen molar-refractivity contribution in [2.24, 2.45) is 0 Å². The summed E-state index contributed by atoms with van der Waals surface area (Å²) in [6.07, 6.45) is 3.75. The summed E-state index contributed by atoms with van der Waals surface area (Å²) in [5.74, 6) is 5.85. The Morgan fingerprint density at radius 2 is 1.82 bits per heavy atom. The summed E-state index contributed by atoms with van der Waals surface area (Å²) in [5.41, 5.74) is 0. The van der Waals surface area contributed by atoms with Crippen molar-refractivity contribution in [1.29, 1.82) is 0 Å². The van der Waals surface area contributed by atoms with Crippen molar-refractivity contribution in [2.45, 2.75) is 6.92 Å². The van der Waals surface area contributed by atoms with E-state index in [0.717, 1.165) is 19.6 Å². The van der Waals surface area contributed by atoms with Gasteiger partial charge in [-0.2, -0.15) is 0 Å². The Hall–Kier alpha value is -1.00. The van der Waals surface area contributed by atoms with Gasteiger partial charge in [-0.25, -0.2) is 0 Å². The molecule has 0 bridgehead atoms. The molecule has 0 aromatic heterocycles. The third kappa shape index (κ3) is 5.44. The zero-order valence-corrected chi connectivity index (χ0v) is 7.14. The van der Waals surface area contributed by atoms with Crippen LogP contribution < -0.4 is 0 Å². The van der Waals surface area contributed by atoms with Crippen LogP contribution in [0, 0.1) is 11.8 Å². The average molecular weight is 149 g/mol. The molecule has 0 unspecified atom stereocenters. The Labute approximate surface area is 69.4 Å². The van der Waals surface area contributed by atoms with Gasteiger partial charge >= 0.3 is 0 Å². The second-order valence-electron chi connectivity index (χ2n) is 2.20. The standard InChI is InChI=1S/C10H15N/c1-4-7-10-11(8-5-2)9-6-3/h5-6H,2-3,8-10H2,1H3. The monoisotopic (exact) mass is 149 g/mol. The average Bonchev–Trinajstić information content (AvgIpc) is 2.01. The van der Waals surface area contributed by atoms with E-state index < -0.39 is 0 Å². The molecule has 0 radical (unpaired) electrons. The van der Waals surface area contributed by atoms with Gasteiger partial charge in [0.15, 0.2) is 0 Å². The number of hydrogen-bond donors (Lipinski definition) is 0. The van der Waals surface area contributed by atoms with Gasteiger partial charge in [0.25, 0.3) is 0 Å². The molecule has 0 aliphatic heterocycles. The van der Waals surface area contributed by atoms with Crippen LogP contribution >= 0.6 is 0 Å². The van der Waals surface area contributed by atoms with E-state index in [1.54, 1.807) is 0 Å². The highest BCUT2D eigenvalue weighted by atomic mass is 15.1. The van der Waals surface area contributed by atoms with E-state index in [9.17, 15) is 0 Å². The number of rotatable bonds is 5. The second-order valence-corrected chi connectivity index (χ2v) is 2.20. The second kappa shape index (κ2) is 7.11. The maximum absolute atomic E-state index is 3.67. The zero-order valence-electron chi connectivity index (χ0n) is 7.14. The van der Waals surface area contributed by atoms with Crippen molar-refractivity contribution >= 4 is 0 Å². The highest BCUT2D eigenvalue weighted by Gasteiger charge is 1.94. The lowest BCUT2D eigenvalue weighted by molar-refractivity contribution is 0.379. The van der Waals surface area contributed by atoms with Gasteiger partial charge in [-0.15, -0.1) is 19.1 Å². The molecule has 0 aliphatic rings. The molecule has 0 saturated heterocycles. The predicted octanol–water partition coefficient (Wildman–Crippen LogP) is 1.68. The van der Waals surface area contributed by atoms with Crippen LogP contribution in [-0.4, -0.2) is 24.5 Å². The van der Waals surface area contributed by atoms with Gasteiger partial charge in [0, 0.05) is 13.1 Å². The lowest BCUT2D eigenvalue weighted by Gasteiger charge is -2.14. The molecular formula is C10H15N. The summed E-state index contributed by atoms with van der Waals surface area (Å²) in [5, 5.41) is 0. The summed E-state index contributed by atoms with van der Waals surface area (Å²) in [4.78, 5) is 2.16. The molecule has 0 aromatic carbocycles. The van der Waals surface area contributed by atoms with E-state index >= 15 is 0 Å². The first-order valence-corrected chi connectivity index (χ1v) is 3.69. The van der Waals surface area contributed by atoms with E-state index in [0.29, 0.717) is 0 Å². The third-order valence-electron chi connectivity index (χ3n) is 1.25. The fourth-order valence-corrected chi connectivity index (χ4v) is 0.760. The summed E-state index contributed by atoms with van der Waals surface area (Å²) in [6, 6.07) is 0. The normalized spacial score (nSPS) is 8.55. The number of nitrogens with zero attached hydrogens (tertiary/aromatic N) is 1. The minimum absolute atomic E-state index is 0.800. The fraction of sp³-hybridized carbons (Fsp3) is 0.400. The van der Waals surface area contributed by atoms with Crippen LogP contribution in [0.5, 0.6) is 0 Å². The Kier molecular flexibility index (Phi) is 6.46. The molecule has 60 valence electrons. The van der Waals surface area contributed by atoms with Gasteiger partial charge in [-0.1, -0.05) is 18.1 Å². The summed E-state index contributed by atoms with van der Waals surface area (Å²) >= 11 is 0. The minimum Gasteiger partial charge on any atom is -0.285 e. The molecule has 0 heterocycles. The summed E-state index contributed by atoms with van der Waals surface area (Å²) < 4.78 is 0. The Bertz CT molecular complexity index is 161. The van der Waals surface area contributed by atoms with Crippen LogP contribution in [0.3, 0.4) is 0 Å². The van der Waals surface area contributed by atoms with Gasteiger partial charge in [-0.3, -0.25) is 4.90 Å². The molecule has 1 nitrogen and oxygen atoms in total. The van der Waals surface area contributed by atoms with E-state index in [2.05, 4.69) is 29.9 Å². The Balaban J connectivity index is 3.73. The van der Waals surface area contributed by atoms with Crippen molar-refractivity contribution < 1.29 is 0 Å². The molecule has 0 N–H and O–H groups in total. The van der Waals surface area contributed by atoms with Crippen LogP contribution in [0.15, 0.2) is 25.3 Å². The molecule has 0 aliphatic carbocycles. The zero-order chi connectivity index (χ0) is 8.53. The SMILES string of the molecule is C=CCN(CC#CC)CC=C. The van der Waals surface area contributed by atoms with Crippen molar-refractivity contribution in [1.82, 2.24) is 4.90 Å². The summed E-state index contributed by atoms with van der Waals surface area (Å²) in [7, 11) is 0. The third-order valence-corrected chi connectivity index (χ3v) is 1.25. The number of hydrogen-bond acceptors (Lipinski definition) is 1. The van der Waals surface area contributed by atoms with Gasteiger partial charge in [0.2, 0.25) is 0 Å². The highest BCUT2D eigenvalue weighted by Crippen LogP contribution is 1.86. The molecule has 0 saturated carbocycles. The largest absolute Gasteiger partial charge is 0.285 e. The topological polar surface area (TPSA) is 3.24 Å². The van der Waals surface area contributed by atoms with E-state index in [4.69, 9.17) is 0 Å². The van der Waals surface area contributed by atoms with Crippen molar-refractivity contribution in [3.05, 3.63) is 25.3 Å². The maximum Gasteiger partial charge on any atom is 0.0607 e. The lowest BCUT2D eigenvalue weighted by Crippen LogP contribution is -2.23. The fourth-order valence-electron chi connectivity index (χ4n) is 0.760. The molecule has 0 atom stereocenters. The Morgan fingerprint density at radius 1 is 1.27 bits per heavy atom. The molecular weight excluding hydrogens is 134 g/mol. The highest BCUT2D eigenvalue weighted by molar-refractivity contribution is 4.99. The molecule has 0 fully saturated rings. The van der Waals surface area contributed by atoms with Crippen LogP contribution in [-0.2, 0) is 0 Å². The van der Waals surface area contributed by atoms with E-state index in [-0.39, 0.29) is 0 Å². The van der Waals surface area contributed by atoms with Crippen molar-refractivity contribution in [3.8, 4) is 11.8 Å². The van der Waals surface area contributed by atoms with Gasteiger partial charge in [0.1, 0.15) is 0 Å². The summed E-state index contributed by atoms with van der Waals surface area (Å²) in [6.45, 7) is 11.7. The van der Waals surface area contributed by atoms with Crippen LogP contribution in [0.25, 0.3) is 0 Å². The molecule has 0 aromatic rings. The van der Waals surface area contributed by atoms with Crippen molar-refractivity contribution in [2.75, 3.05) is 19.6 Å². The minimum atomic E-state index is 0.800. The quantitative estimate of drug-likeness (QED) is 0.424. The first kappa shape index (κ1) is 10.0. The molecule has 11 heavy (non-hydrogen) atoms. The lowest BCUT2D eigenvalue weighted by atomic mass is 10.4. The first-order valence-electron chi connectivity index (χ1n) is 3.69. The van der Waals surface area contributed by atoms with Gasteiger partial charge in [0.05, 0.1) is 6.54 Å². The predicted molar refractivity (Wildman–Crippen MR) is 50.3 cm³/mol. The van der Waals surface area contributed by atoms with Gasteiger partial charge in [-0.05, 0) is 6.92 Å². The Morgan fingerprint density at radius 3 is 2.18 bits per heavy atom. The van der Waals surface area contributed by atoms with Crippen molar-refractivity contribution in [3.63, 3.8) is 0 Å². The van der Waals surface area contributed by atoms with Crippen LogP contribution in [0.2, 0.25) is 0 Å². The molecule has 0 spiro atoms. The molecule has 0 rings (SSSR count). The van der Waals surface area contributed by atoms with E-state index in [1.165, 1.54) is 0 Å². The molecule has 1 heteroatoms. The smallest absolute Gasteiger partial charge is 0.0607 e. The molecule has 0 amide bonds. The van der Waals surface area contributed by atoms with Crippen LogP contribution in [0.4, 0.5) is 0 Å². The first-order chi connectivity index (χ1) is 5.35. The van der Waals surface area contributed by atoms with E-state index in [1.807, 2.05) is 19.1 Å². The maximum atomic E-state index is 3.67.